The van der Waals surface area contributed by atoms with Crippen LogP contribution >= 0.6 is 11.6 Å². The molecule has 20 heavy (non-hydrogen) atoms. The van der Waals surface area contributed by atoms with Crippen LogP contribution in [0.5, 0.6) is 0 Å². The maximum Gasteiger partial charge on any atom is 0.251 e. The number of aryl methyl sites for hydroxylation is 2. The van der Waals surface area contributed by atoms with E-state index in [9.17, 15) is 4.79 Å². The minimum absolute atomic E-state index is 0.106. The first-order valence-corrected chi connectivity index (χ1v) is 6.99. The molecular formula is C16H17ClN2O. The fourth-order valence-electron chi connectivity index (χ4n) is 2.00. The van der Waals surface area contributed by atoms with Crippen molar-refractivity contribution in [1.29, 1.82) is 0 Å². The molecule has 0 fully saturated rings. The van der Waals surface area contributed by atoms with E-state index < -0.39 is 0 Å². The van der Waals surface area contributed by atoms with Gasteiger partial charge in [0.05, 0.1) is 0 Å². The van der Waals surface area contributed by atoms with Crippen molar-refractivity contribution in [2.45, 2.75) is 19.8 Å². The molecule has 1 N–H and O–H groups in total. The molecule has 1 aromatic heterocycles. The van der Waals surface area contributed by atoms with Gasteiger partial charge in [0.25, 0.3) is 5.91 Å². The number of rotatable bonds is 5. The molecule has 1 amide bonds. The highest BCUT2D eigenvalue weighted by Crippen LogP contribution is 2.10. The van der Waals surface area contributed by atoms with Crippen molar-refractivity contribution in [3.63, 3.8) is 0 Å². The van der Waals surface area contributed by atoms with Crippen LogP contribution in [0, 0.1) is 6.92 Å². The molecule has 0 bridgehead atoms. The molecule has 0 saturated carbocycles. The van der Waals surface area contributed by atoms with E-state index in [4.69, 9.17) is 11.6 Å². The average Bonchev–Trinajstić information content (AvgIpc) is 2.43. The Morgan fingerprint density at radius 3 is 2.70 bits per heavy atom. The zero-order chi connectivity index (χ0) is 14.4. The summed E-state index contributed by atoms with van der Waals surface area (Å²) in [5.74, 6) is -0.106. The van der Waals surface area contributed by atoms with E-state index in [2.05, 4.69) is 22.4 Å². The highest BCUT2D eigenvalue weighted by molar-refractivity contribution is 6.29. The zero-order valence-electron chi connectivity index (χ0n) is 11.4. The van der Waals surface area contributed by atoms with Gasteiger partial charge < -0.3 is 5.32 Å². The Morgan fingerprint density at radius 2 is 2.00 bits per heavy atom. The van der Waals surface area contributed by atoms with Gasteiger partial charge in [-0.15, -0.1) is 0 Å². The molecule has 0 aliphatic carbocycles. The third kappa shape index (κ3) is 4.35. The standard InChI is InChI=1S/C16H17ClN2O/c1-12-10-14(11-15(17)19-12)16(20)18-9-5-8-13-6-3-2-4-7-13/h2-4,6-7,10-11H,5,8-9H2,1H3,(H,18,20). The number of aromatic nitrogens is 1. The lowest BCUT2D eigenvalue weighted by Crippen LogP contribution is -2.25. The Hall–Kier alpha value is -1.87. The summed E-state index contributed by atoms with van der Waals surface area (Å²) in [5, 5.41) is 3.24. The van der Waals surface area contributed by atoms with Crippen molar-refractivity contribution in [1.82, 2.24) is 10.3 Å². The number of nitrogens with one attached hydrogen (secondary N) is 1. The summed E-state index contributed by atoms with van der Waals surface area (Å²) in [6, 6.07) is 13.5. The predicted molar refractivity (Wildman–Crippen MR) is 81.1 cm³/mol. The van der Waals surface area contributed by atoms with Crippen LogP contribution in [0.25, 0.3) is 0 Å². The van der Waals surface area contributed by atoms with E-state index in [-0.39, 0.29) is 5.91 Å². The van der Waals surface area contributed by atoms with E-state index >= 15 is 0 Å². The monoisotopic (exact) mass is 288 g/mol. The van der Waals surface area contributed by atoms with Crippen molar-refractivity contribution in [3.8, 4) is 0 Å². The van der Waals surface area contributed by atoms with Crippen LogP contribution in [0.3, 0.4) is 0 Å². The Bertz CT molecular complexity index is 564. The van der Waals surface area contributed by atoms with Crippen LogP contribution < -0.4 is 5.32 Å². The number of hydrogen-bond donors (Lipinski definition) is 1. The molecular weight excluding hydrogens is 272 g/mol. The van der Waals surface area contributed by atoms with Crippen molar-refractivity contribution >= 4 is 17.5 Å². The van der Waals surface area contributed by atoms with Gasteiger partial charge in [-0.2, -0.15) is 0 Å². The van der Waals surface area contributed by atoms with Gasteiger partial charge in [0.1, 0.15) is 5.15 Å². The van der Waals surface area contributed by atoms with E-state index in [1.165, 1.54) is 5.56 Å². The Labute approximate surface area is 124 Å². The van der Waals surface area contributed by atoms with Crippen LogP contribution in [-0.2, 0) is 6.42 Å². The largest absolute Gasteiger partial charge is 0.352 e. The van der Waals surface area contributed by atoms with Crippen LogP contribution in [0.4, 0.5) is 0 Å². The molecule has 1 heterocycles. The molecule has 0 unspecified atom stereocenters. The van der Waals surface area contributed by atoms with Gasteiger partial charge in [0.15, 0.2) is 0 Å². The van der Waals surface area contributed by atoms with Gasteiger partial charge >= 0.3 is 0 Å². The average molecular weight is 289 g/mol. The first-order chi connectivity index (χ1) is 9.65. The number of pyridine rings is 1. The molecule has 0 atom stereocenters. The van der Waals surface area contributed by atoms with E-state index in [0.717, 1.165) is 18.5 Å². The molecule has 104 valence electrons. The molecule has 4 heteroatoms. The second-order valence-electron chi connectivity index (χ2n) is 4.66. The molecule has 1 aromatic carbocycles. The number of amides is 1. The number of halogens is 1. The Balaban J connectivity index is 1.80. The predicted octanol–water partition coefficient (Wildman–Crippen LogP) is 3.41. The van der Waals surface area contributed by atoms with Crippen LogP contribution in [0.15, 0.2) is 42.5 Å². The minimum atomic E-state index is -0.106. The molecule has 0 saturated heterocycles. The SMILES string of the molecule is Cc1cc(C(=O)NCCCc2ccccc2)cc(Cl)n1. The van der Waals surface area contributed by atoms with Gasteiger partial charge in [-0.05, 0) is 37.5 Å². The summed E-state index contributed by atoms with van der Waals surface area (Å²) >= 11 is 5.84. The number of hydrogen-bond acceptors (Lipinski definition) is 2. The van der Waals surface area contributed by atoms with Crippen molar-refractivity contribution in [3.05, 3.63) is 64.4 Å². The normalized spacial score (nSPS) is 10.3. The lowest BCUT2D eigenvalue weighted by atomic mass is 10.1. The summed E-state index contributed by atoms with van der Waals surface area (Å²) in [6.45, 7) is 2.46. The number of carbonyl (C=O) groups excluding carboxylic acids is 1. The summed E-state index contributed by atoms with van der Waals surface area (Å²) < 4.78 is 0. The molecule has 0 radical (unpaired) electrons. The van der Waals surface area contributed by atoms with Gasteiger partial charge in [0.2, 0.25) is 0 Å². The van der Waals surface area contributed by atoms with Gasteiger partial charge in [0, 0.05) is 17.8 Å². The topological polar surface area (TPSA) is 42.0 Å². The Morgan fingerprint density at radius 1 is 1.25 bits per heavy atom. The number of nitrogens with zero attached hydrogens (tertiary/aromatic N) is 1. The molecule has 3 nitrogen and oxygen atoms in total. The fourth-order valence-corrected chi connectivity index (χ4v) is 2.25. The Kier molecular flexibility index (Phi) is 5.13. The van der Waals surface area contributed by atoms with Crippen molar-refractivity contribution in [2.24, 2.45) is 0 Å². The summed E-state index contributed by atoms with van der Waals surface area (Å²) in [4.78, 5) is 16.0. The molecule has 0 aliphatic heterocycles. The van der Waals surface area contributed by atoms with E-state index in [1.807, 2.05) is 25.1 Å². The van der Waals surface area contributed by atoms with Crippen molar-refractivity contribution < 1.29 is 4.79 Å². The third-order valence-corrected chi connectivity index (χ3v) is 3.15. The quantitative estimate of drug-likeness (QED) is 0.677. The lowest BCUT2D eigenvalue weighted by Gasteiger charge is -2.06. The first-order valence-electron chi connectivity index (χ1n) is 6.61. The smallest absolute Gasteiger partial charge is 0.251 e. The summed E-state index contributed by atoms with van der Waals surface area (Å²) in [7, 11) is 0. The van der Waals surface area contributed by atoms with E-state index in [0.29, 0.717) is 17.3 Å². The molecule has 2 aromatic rings. The maximum absolute atomic E-state index is 12.0. The first kappa shape index (κ1) is 14.5. The number of benzene rings is 1. The molecule has 2 rings (SSSR count). The number of carbonyl (C=O) groups is 1. The van der Waals surface area contributed by atoms with Gasteiger partial charge in [-0.3, -0.25) is 4.79 Å². The fraction of sp³-hybridized carbons (Fsp3) is 0.250. The van der Waals surface area contributed by atoms with Gasteiger partial charge in [-0.25, -0.2) is 4.98 Å². The summed E-state index contributed by atoms with van der Waals surface area (Å²) in [6.07, 6.45) is 1.87. The minimum Gasteiger partial charge on any atom is -0.352 e. The molecule has 0 spiro atoms. The van der Waals surface area contributed by atoms with Crippen LogP contribution in [0.2, 0.25) is 5.15 Å². The van der Waals surface area contributed by atoms with Crippen LogP contribution in [0.1, 0.15) is 28.0 Å². The summed E-state index contributed by atoms with van der Waals surface area (Å²) in [5.41, 5.74) is 2.58. The molecule has 0 aliphatic rings. The second kappa shape index (κ2) is 7.06. The maximum atomic E-state index is 12.0. The highest BCUT2D eigenvalue weighted by Gasteiger charge is 2.07. The zero-order valence-corrected chi connectivity index (χ0v) is 12.2. The highest BCUT2D eigenvalue weighted by atomic mass is 35.5. The second-order valence-corrected chi connectivity index (χ2v) is 5.05. The third-order valence-electron chi connectivity index (χ3n) is 2.95. The van der Waals surface area contributed by atoms with Gasteiger partial charge in [-0.1, -0.05) is 41.9 Å². The lowest BCUT2D eigenvalue weighted by molar-refractivity contribution is 0.0953. The van der Waals surface area contributed by atoms with E-state index in [1.54, 1.807) is 12.1 Å². The van der Waals surface area contributed by atoms with Crippen molar-refractivity contribution in [2.75, 3.05) is 6.54 Å². The van der Waals surface area contributed by atoms with Crippen LogP contribution in [-0.4, -0.2) is 17.4 Å².